The van der Waals surface area contributed by atoms with Crippen LogP contribution in [0.4, 0.5) is 10.1 Å². The number of carbonyl (C=O) groups excluding carboxylic acids is 1. The lowest BCUT2D eigenvalue weighted by molar-refractivity contribution is -0.116. The summed E-state index contributed by atoms with van der Waals surface area (Å²) in [5.41, 5.74) is -1.43. The van der Waals surface area contributed by atoms with Gasteiger partial charge in [0.25, 0.3) is 0 Å². The number of rotatable bonds is 4. The monoisotopic (exact) mass is 291 g/mol. The molecule has 0 bridgehead atoms. The minimum Gasteiger partial charge on any atom is -0.478 e. The van der Waals surface area contributed by atoms with Crippen molar-refractivity contribution in [2.24, 2.45) is 0 Å². The van der Waals surface area contributed by atoms with Crippen LogP contribution >= 0.6 is 0 Å². The number of amides is 1. The van der Waals surface area contributed by atoms with Gasteiger partial charge in [-0.3, -0.25) is 9.36 Å². The quantitative estimate of drug-likeness (QED) is 0.864. The molecule has 1 aromatic carbocycles. The Morgan fingerprint density at radius 3 is 2.76 bits per heavy atom. The zero-order valence-corrected chi connectivity index (χ0v) is 10.6. The number of benzene rings is 1. The molecular weight excluding hydrogens is 281 g/mol. The van der Waals surface area contributed by atoms with Crippen molar-refractivity contribution in [1.82, 2.24) is 9.55 Å². The molecule has 0 saturated heterocycles. The second-order valence-corrected chi connectivity index (χ2v) is 4.05. The fourth-order valence-corrected chi connectivity index (χ4v) is 1.70. The van der Waals surface area contributed by atoms with Crippen LogP contribution in [0.15, 0.2) is 41.5 Å². The van der Waals surface area contributed by atoms with E-state index < -0.39 is 28.9 Å². The first kappa shape index (κ1) is 14.4. The molecule has 0 aliphatic rings. The van der Waals surface area contributed by atoms with Crippen molar-refractivity contribution in [2.45, 2.75) is 6.54 Å². The van der Waals surface area contributed by atoms with Gasteiger partial charge in [0, 0.05) is 12.4 Å². The van der Waals surface area contributed by atoms with Crippen molar-refractivity contribution in [2.75, 3.05) is 5.32 Å². The fourth-order valence-electron chi connectivity index (χ4n) is 1.70. The Labute approximate surface area is 117 Å². The zero-order chi connectivity index (χ0) is 15.4. The van der Waals surface area contributed by atoms with Gasteiger partial charge in [0.15, 0.2) is 0 Å². The van der Waals surface area contributed by atoms with Gasteiger partial charge < -0.3 is 10.4 Å². The molecule has 0 aliphatic carbocycles. The second kappa shape index (κ2) is 5.95. The maximum atomic E-state index is 13.4. The Morgan fingerprint density at radius 2 is 2.10 bits per heavy atom. The zero-order valence-electron chi connectivity index (χ0n) is 10.6. The van der Waals surface area contributed by atoms with E-state index in [1.165, 1.54) is 30.6 Å². The van der Waals surface area contributed by atoms with Crippen molar-refractivity contribution in [3.63, 3.8) is 0 Å². The van der Waals surface area contributed by atoms with Crippen molar-refractivity contribution in [3.05, 3.63) is 58.5 Å². The predicted octanol–water partition coefficient (Wildman–Crippen LogP) is 0.719. The highest BCUT2D eigenvalue weighted by Gasteiger charge is 2.17. The Hall–Kier alpha value is -3.03. The summed E-state index contributed by atoms with van der Waals surface area (Å²) in [5, 5.41) is 11.2. The number of carboxylic acids is 1. The standard InChI is InChI=1S/C13H10FN3O4/c14-8-3-1-4-9(11(8)12(19)20)16-10(18)7-17-6-2-5-15-13(17)21/h1-6H,7H2,(H,16,18)(H,19,20). The summed E-state index contributed by atoms with van der Waals surface area (Å²) in [6.45, 7) is -0.359. The molecule has 0 atom stereocenters. The van der Waals surface area contributed by atoms with Gasteiger partial charge in [-0.1, -0.05) is 6.07 Å². The molecule has 0 fully saturated rings. The molecule has 7 nitrogen and oxygen atoms in total. The smallest absolute Gasteiger partial charge is 0.347 e. The Bertz CT molecular complexity index is 757. The lowest BCUT2D eigenvalue weighted by atomic mass is 10.1. The van der Waals surface area contributed by atoms with Gasteiger partial charge >= 0.3 is 11.7 Å². The first-order valence-electron chi connectivity index (χ1n) is 5.82. The molecule has 1 heterocycles. The maximum absolute atomic E-state index is 13.4. The minimum atomic E-state index is -1.50. The topological polar surface area (TPSA) is 101 Å². The van der Waals surface area contributed by atoms with Crippen molar-refractivity contribution in [1.29, 1.82) is 0 Å². The van der Waals surface area contributed by atoms with E-state index >= 15 is 0 Å². The molecule has 0 unspecified atom stereocenters. The van der Waals surface area contributed by atoms with Crippen molar-refractivity contribution >= 4 is 17.6 Å². The van der Waals surface area contributed by atoms with Crippen LogP contribution in [-0.4, -0.2) is 26.5 Å². The molecule has 2 rings (SSSR count). The Morgan fingerprint density at radius 1 is 1.33 bits per heavy atom. The third kappa shape index (κ3) is 3.30. The van der Waals surface area contributed by atoms with E-state index in [1.54, 1.807) is 0 Å². The van der Waals surface area contributed by atoms with E-state index in [0.29, 0.717) is 0 Å². The number of aromatic carboxylic acids is 1. The molecule has 0 saturated carbocycles. The molecule has 1 aromatic heterocycles. The van der Waals surface area contributed by atoms with Gasteiger partial charge in [-0.05, 0) is 18.2 Å². The van der Waals surface area contributed by atoms with E-state index in [-0.39, 0.29) is 12.2 Å². The van der Waals surface area contributed by atoms with E-state index in [2.05, 4.69) is 10.3 Å². The molecule has 0 spiro atoms. The number of halogens is 1. The molecule has 21 heavy (non-hydrogen) atoms. The third-order valence-electron chi connectivity index (χ3n) is 2.60. The largest absolute Gasteiger partial charge is 0.478 e. The first-order valence-corrected chi connectivity index (χ1v) is 5.82. The maximum Gasteiger partial charge on any atom is 0.347 e. The van der Waals surface area contributed by atoms with Gasteiger partial charge in [0.2, 0.25) is 5.91 Å². The van der Waals surface area contributed by atoms with Crippen molar-refractivity contribution < 1.29 is 19.1 Å². The summed E-state index contributed by atoms with van der Waals surface area (Å²) in [5.74, 6) is -3.13. The van der Waals surface area contributed by atoms with Crippen LogP contribution in [0.3, 0.4) is 0 Å². The molecule has 0 radical (unpaired) electrons. The lowest BCUT2D eigenvalue weighted by Gasteiger charge is -2.09. The molecule has 1 amide bonds. The normalized spacial score (nSPS) is 10.1. The Kier molecular flexibility index (Phi) is 4.07. The highest BCUT2D eigenvalue weighted by molar-refractivity contribution is 6.00. The van der Waals surface area contributed by atoms with Gasteiger partial charge in [-0.15, -0.1) is 0 Å². The molecule has 8 heteroatoms. The van der Waals surface area contributed by atoms with E-state index in [4.69, 9.17) is 5.11 Å². The third-order valence-corrected chi connectivity index (χ3v) is 2.60. The number of nitrogens with one attached hydrogen (secondary N) is 1. The molecular formula is C13H10FN3O4. The van der Waals surface area contributed by atoms with Gasteiger partial charge in [0.1, 0.15) is 17.9 Å². The number of carboxylic acid groups (broad SMARTS) is 1. The van der Waals surface area contributed by atoms with Crippen LogP contribution < -0.4 is 11.0 Å². The number of anilines is 1. The SMILES string of the molecule is O=C(Cn1cccnc1=O)Nc1cccc(F)c1C(=O)O. The van der Waals surface area contributed by atoms with Gasteiger partial charge in [-0.2, -0.15) is 0 Å². The number of aromatic nitrogens is 2. The van der Waals surface area contributed by atoms with Crippen LogP contribution in [-0.2, 0) is 11.3 Å². The molecule has 2 aromatic rings. The van der Waals surface area contributed by atoms with Gasteiger partial charge in [0.05, 0.1) is 5.69 Å². The van der Waals surface area contributed by atoms with Crippen LogP contribution in [0.5, 0.6) is 0 Å². The summed E-state index contributed by atoms with van der Waals surface area (Å²) in [4.78, 5) is 37.6. The average molecular weight is 291 g/mol. The minimum absolute atomic E-state index is 0.176. The average Bonchev–Trinajstić information content (AvgIpc) is 2.41. The summed E-state index contributed by atoms with van der Waals surface area (Å²) >= 11 is 0. The van der Waals surface area contributed by atoms with E-state index in [0.717, 1.165) is 10.6 Å². The van der Waals surface area contributed by atoms with Gasteiger partial charge in [-0.25, -0.2) is 19.0 Å². The van der Waals surface area contributed by atoms with E-state index in [1.807, 2.05) is 0 Å². The summed E-state index contributed by atoms with van der Waals surface area (Å²) in [7, 11) is 0. The Balaban J connectivity index is 2.21. The summed E-state index contributed by atoms with van der Waals surface area (Å²) in [6.07, 6.45) is 2.64. The number of carbonyl (C=O) groups is 2. The fraction of sp³-hybridized carbons (Fsp3) is 0.0769. The lowest BCUT2D eigenvalue weighted by Crippen LogP contribution is -2.28. The summed E-state index contributed by atoms with van der Waals surface area (Å²) < 4.78 is 14.5. The van der Waals surface area contributed by atoms with Crippen molar-refractivity contribution in [3.8, 4) is 0 Å². The number of nitrogens with zero attached hydrogens (tertiary/aromatic N) is 2. The molecule has 2 N–H and O–H groups in total. The summed E-state index contributed by atoms with van der Waals surface area (Å²) in [6, 6.07) is 4.98. The number of hydrogen-bond donors (Lipinski definition) is 2. The predicted molar refractivity (Wildman–Crippen MR) is 70.5 cm³/mol. The highest BCUT2D eigenvalue weighted by atomic mass is 19.1. The highest BCUT2D eigenvalue weighted by Crippen LogP contribution is 2.18. The van der Waals surface area contributed by atoms with Crippen LogP contribution in [0.25, 0.3) is 0 Å². The van der Waals surface area contributed by atoms with Crippen LogP contribution in [0.2, 0.25) is 0 Å². The number of hydrogen-bond acceptors (Lipinski definition) is 4. The molecule has 0 aliphatic heterocycles. The molecule has 108 valence electrons. The second-order valence-electron chi connectivity index (χ2n) is 4.05. The van der Waals surface area contributed by atoms with E-state index in [9.17, 15) is 18.8 Å². The van der Waals surface area contributed by atoms with Crippen LogP contribution in [0.1, 0.15) is 10.4 Å². The van der Waals surface area contributed by atoms with Crippen LogP contribution in [0, 0.1) is 5.82 Å². The first-order chi connectivity index (χ1) is 9.99.